The average Bonchev–Trinajstić information content (AvgIpc) is 2.77. The van der Waals surface area contributed by atoms with Gasteiger partial charge in [0.1, 0.15) is 0 Å². The lowest BCUT2D eigenvalue weighted by molar-refractivity contribution is -0.0684. The Hall–Kier alpha value is -0.120. The molecule has 0 spiro atoms. The molecule has 3 heteroatoms. The monoisotopic (exact) mass is 240 g/mol. The standard InChI is InChI=1S/C14H28N2O/c1-3-4-13-9-14(11-15,6-8-17-13)16-7-5-12(2)10-16/h12-13H,3-11,15H2,1-2H3. The summed E-state index contributed by atoms with van der Waals surface area (Å²) < 4.78 is 5.88. The summed E-state index contributed by atoms with van der Waals surface area (Å²) in [6.07, 6.45) is 6.43. The summed E-state index contributed by atoms with van der Waals surface area (Å²) in [7, 11) is 0. The van der Waals surface area contributed by atoms with Crippen LogP contribution in [0.25, 0.3) is 0 Å². The van der Waals surface area contributed by atoms with Crippen molar-refractivity contribution in [1.82, 2.24) is 4.90 Å². The van der Waals surface area contributed by atoms with Crippen LogP contribution < -0.4 is 5.73 Å². The maximum Gasteiger partial charge on any atom is 0.0593 e. The van der Waals surface area contributed by atoms with Gasteiger partial charge in [-0.2, -0.15) is 0 Å². The van der Waals surface area contributed by atoms with Gasteiger partial charge in [0, 0.05) is 25.2 Å². The van der Waals surface area contributed by atoms with Crippen LogP contribution in [-0.2, 0) is 4.74 Å². The zero-order valence-electron chi connectivity index (χ0n) is 11.5. The van der Waals surface area contributed by atoms with E-state index in [1.165, 1.54) is 32.4 Å². The molecule has 2 heterocycles. The van der Waals surface area contributed by atoms with Gasteiger partial charge in [0.15, 0.2) is 0 Å². The molecule has 0 amide bonds. The summed E-state index contributed by atoms with van der Waals surface area (Å²) in [4.78, 5) is 2.66. The molecule has 2 fully saturated rings. The van der Waals surface area contributed by atoms with Crippen molar-refractivity contribution in [1.29, 1.82) is 0 Å². The third-order valence-electron chi connectivity index (χ3n) is 4.61. The van der Waals surface area contributed by atoms with Crippen LogP contribution in [-0.4, -0.2) is 42.8 Å². The van der Waals surface area contributed by atoms with Gasteiger partial charge >= 0.3 is 0 Å². The number of hydrogen-bond acceptors (Lipinski definition) is 3. The van der Waals surface area contributed by atoms with E-state index in [1.54, 1.807) is 0 Å². The van der Waals surface area contributed by atoms with Crippen LogP contribution in [0.4, 0.5) is 0 Å². The van der Waals surface area contributed by atoms with Crippen molar-refractivity contribution in [2.75, 3.05) is 26.2 Å². The van der Waals surface area contributed by atoms with Crippen LogP contribution in [0.2, 0.25) is 0 Å². The first-order chi connectivity index (χ1) is 8.20. The van der Waals surface area contributed by atoms with E-state index in [9.17, 15) is 0 Å². The Morgan fingerprint density at radius 3 is 2.88 bits per heavy atom. The first-order valence-electron chi connectivity index (χ1n) is 7.27. The predicted molar refractivity (Wildman–Crippen MR) is 71.0 cm³/mol. The van der Waals surface area contributed by atoms with E-state index in [4.69, 9.17) is 10.5 Å². The molecule has 3 atom stereocenters. The molecule has 0 bridgehead atoms. The fraction of sp³-hybridized carbons (Fsp3) is 1.00. The fourth-order valence-corrected chi connectivity index (χ4v) is 3.48. The first-order valence-corrected chi connectivity index (χ1v) is 7.27. The zero-order chi connectivity index (χ0) is 12.3. The molecule has 0 aromatic heterocycles. The van der Waals surface area contributed by atoms with E-state index in [1.807, 2.05) is 0 Å². The number of hydrogen-bond donors (Lipinski definition) is 1. The molecule has 0 saturated carbocycles. The van der Waals surface area contributed by atoms with Gasteiger partial charge < -0.3 is 10.5 Å². The largest absolute Gasteiger partial charge is 0.378 e. The van der Waals surface area contributed by atoms with Gasteiger partial charge in [-0.15, -0.1) is 0 Å². The van der Waals surface area contributed by atoms with E-state index in [2.05, 4.69) is 18.7 Å². The fourth-order valence-electron chi connectivity index (χ4n) is 3.48. The molecule has 2 rings (SSSR count). The Labute approximate surface area is 106 Å². The van der Waals surface area contributed by atoms with Crippen LogP contribution in [0, 0.1) is 5.92 Å². The van der Waals surface area contributed by atoms with E-state index in [0.717, 1.165) is 31.9 Å². The molecule has 0 aliphatic carbocycles. The highest BCUT2D eigenvalue weighted by Gasteiger charge is 2.42. The minimum absolute atomic E-state index is 0.239. The second-order valence-electron chi connectivity index (χ2n) is 6.00. The van der Waals surface area contributed by atoms with Crippen LogP contribution in [0.15, 0.2) is 0 Å². The second-order valence-corrected chi connectivity index (χ2v) is 6.00. The van der Waals surface area contributed by atoms with Crippen LogP contribution in [0.1, 0.15) is 46.0 Å². The summed E-state index contributed by atoms with van der Waals surface area (Å²) >= 11 is 0. The maximum absolute atomic E-state index is 6.12. The number of likely N-dealkylation sites (tertiary alicyclic amines) is 1. The van der Waals surface area contributed by atoms with Gasteiger partial charge in [-0.1, -0.05) is 20.3 Å². The molecule has 100 valence electrons. The molecule has 2 aliphatic rings. The number of ether oxygens (including phenoxy) is 1. The Balaban J connectivity index is 2.02. The van der Waals surface area contributed by atoms with Gasteiger partial charge in [0.05, 0.1) is 6.10 Å². The van der Waals surface area contributed by atoms with Crippen LogP contribution in [0.5, 0.6) is 0 Å². The molecular formula is C14H28N2O. The summed E-state index contributed by atoms with van der Waals surface area (Å²) in [5.41, 5.74) is 6.36. The van der Waals surface area contributed by atoms with Gasteiger partial charge in [0.2, 0.25) is 0 Å². The lowest BCUT2D eigenvalue weighted by Crippen LogP contribution is -2.57. The molecule has 17 heavy (non-hydrogen) atoms. The van der Waals surface area contributed by atoms with Crippen molar-refractivity contribution in [3.05, 3.63) is 0 Å². The van der Waals surface area contributed by atoms with E-state index in [-0.39, 0.29) is 5.54 Å². The van der Waals surface area contributed by atoms with E-state index < -0.39 is 0 Å². The van der Waals surface area contributed by atoms with E-state index >= 15 is 0 Å². The third kappa shape index (κ3) is 2.83. The minimum atomic E-state index is 0.239. The minimum Gasteiger partial charge on any atom is -0.378 e. The van der Waals surface area contributed by atoms with Crippen molar-refractivity contribution in [3.8, 4) is 0 Å². The number of nitrogens with two attached hydrogens (primary N) is 1. The van der Waals surface area contributed by atoms with Crippen molar-refractivity contribution < 1.29 is 4.74 Å². The predicted octanol–water partition coefficient (Wildman–Crippen LogP) is 2.00. The van der Waals surface area contributed by atoms with Crippen molar-refractivity contribution >= 4 is 0 Å². The summed E-state index contributed by atoms with van der Waals surface area (Å²) in [5.74, 6) is 0.839. The highest BCUT2D eigenvalue weighted by atomic mass is 16.5. The molecule has 2 saturated heterocycles. The zero-order valence-corrected chi connectivity index (χ0v) is 11.5. The Morgan fingerprint density at radius 2 is 2.29 bits per heavy atom. The molecule has 0 aromatic carbocycles. The Kier molecular flexibility index (Phi) is 4.45. The lowest BCUT2D eigenvalue weighted by atomic mass is 9.84. The van der Waals surface area contributed by atoms with Crippen LogP contribution >= 0.6 is 0 Å². The van der Waals surface area contributed by atoms with Gasteiger partial charge in [0.25, 0.3) is 0 Å². The van der Waals surface area contributed by atoms with Gasteiger partial charge in [-0.3, -0.25) is 4.90 Å². The van der Waals surface area contributed by atoms with Crippen molar-refractivity contribution in [2.24, 2.45) is 11.7 Å². The molecule has 0 radical (unpaired) electrons. The number of rotatable bonds is 4. The van der Waals surface area contributed by atoms with Crippen molar-refractivity contribution in [3.63, 3.8) is 0 Å². The topological polar surface area (TPSA) is 38.5 Å². The number of nitrogens with zero attached hydrogens (tertiary/aromatic N) is 1. The van der Waals surface area contributed by atoms with Gasteiger partial charge in [-0.25, -0.2) is 0 Å². The Morgan fingerprint density at radius 1 is 1.47 bits per heavy atom. The lowest BCUT2D eigenvalue weighted by Gasteiger charge is -2.46. The summed E-state index contributed by atoms with van der Waals surface area (Å²) in [5, 5.41) is 0. The highest BCUT2D eigenvalue weighted by Crippen LogP contribution is 2.35. The summed E-state index contributed by atoms with van der Waals surface area (Å²) in [6, 6.07) is 0. The molecule has 3 unspecified atom stereocenters. The third-order valence-corrected chi connectivity index (χ3v) is 4.61. The molecule has 2 aliphatic heterocycles. The van der Waals surface area contributed by atoms with Gasteiger partial charge in [-0.05, 0) is 38.1 Å². The Bertz CT molecular complexity index is 244. The summed E-state index contributed by atoms with van der Waals surface area (Å²) in [6.45, 7) is 8.75. The average molecular weight is 240 g/mol. The first kappa shape index (κ1) is 13.3. The molecule has 3 nitrogen and oxygen atoms in total. The highest BCUT2D eigenvalue weighted by molar-refractivity contribution is 4.98. The second kappa shape index (κ2) is 5.68. The molecular weight excluding hydrogens is 212 g/mol. The smallest absolute Gasteiger partial charge is 0.0593 e. The normalized spacial score (nSPS) is 39.7. The van der Waals surface area contributed by atoms with Crippen LogP contribution in [0.3, 0.4) is 0 Å². The molecule has 0 aromatic rings. The molecule has 2 N–H and O–H groups in total. The SMILES string of the molecule is CCCC1CC(CN)(N2CCC(C)C2)CCO1. The maximum atomic E-state index is 6.12. The van der Waals surface area contributed by atoms with E-state index in [0.29, 0.717) is 6.10 Å². The van der Waals surface area contributed by atoms with Crippen molar-refractivity contribution in [2.45, 2.75) is 57.6 Å². The quantitative estimate of drug-likeness (QED) is 0.817.